The van der Waals surface area contributed by atoms with Gasteiger partial charge in [-0.15, -0.1) is 0 Å². The van der Waals surface area contributed by atoms with Crippen LogP contribution in [-0.4, -0.2) is 30.2 Å². The Hall–Kier alpha value is -3.09. The topological polar surface area (TPSA) is 84.9 Å². The molecule has 0 bridgehead atoms. The smallest absolute Gasteiger partial charge is 0.305 e. The molecule has 28 heavy (non-hydrogen) atoms. The number of fused-ring (bicyclic) bond motifs is 1. The van der Waals surface area contributed by atoms with Crippen molar-refractivity contribution in [2.45, 2.75) is 24.8 Å². The molecule has 2 aromatic rings. The maximum atomic E-state index is 13.1. The Labute approximate surface area is 161 Å². The highest BCUT2D eigenvalue weighted by molar-refractivity contribution is 5.84. The van der Waals surface area contributed by atoms with Crippen LogP contribution in [0, 0.1) is 11.7 Å². The molecular weight excluding hydrogens is 365 g/mol. The van der Waals surface area contributed by atoms with Gasteiger partial charge >= 0.3 is 5.97 Å². The van der Waals surface area contributed by atoms with Crippen LogP contribution in [0.3, 0.4) is 0 Å². The predicted molar refractivity (Wildman–Crippen MR) is 97.8 cm³/mol. The van der Waals surface area contributed by atoms with Crippen molar-refractivity contribution >= 4 is 11.9 Å². The third-order valence-corrected chi connectivity index (χ3v) is 5.09. The average molecular weight is 385 g/mol. The second-order valence-electron chi connectivity index (χ2n) is 7.06. The zero-order valence-corrected chi connectivity index (χ0v) is 15.1. The minimum Gasteiger partial charge on any atom is -0.486 e. The van der Waals surface area contributed by atoms with Gasteiger partial charge in [0.2, 0.25) is 5.91 Å². The number of carboxylic acid groups (broad SMARTS) is 1. The fourth-order valence-electron chi connectivity index (χ4n) is 3.54. The molecule has 0 aromatic heterocycles. The summed E-state index contributed by atoms with van der Waals surface area (Å²) in [7, 11) is 0. The van der Waals surface area contributed by atoms with Crippen LogP contribution < -0.4 is 14.8 Å². The number of ether oxygens (including phenoxy) is 2. The first-order chi connectivity index (χ1) is 13.5. The van der Waals surface area contributed by atoms with Crippen molar-refractivity contribution in [3.05, 3.63) is 59.4 Å². The molecule has 0 radical (unpaired) electrons. The van der Waals surface area contributed by atoms with Gasteiger partial charge in [0.15, 0.2) is 11.5 Å². The van der Waals surface area contributed by atoms with E-state index in [1.807, 2.05) is 18.2 Å². The second kappa shape index (κ2) is 7.50. The summed E-state index contributed by atoms with van der Waals surface area (Å²) >= 11 is 0. The molecule has 0 unspecified atom stereocenters. The van der Waals surface area contributed by atoms with Gasteiger partial charge in [-0.3, -0.25) is 9.59 Å². The molecule has 2 aliphatic rings. The van der Waals surface area contributed by atoms with E-state index in [1.165, 1.54) is 24.3 Å². The first-order valence-corrected chi connectivity index (χ1v) is 9.18. The molecule has 1 aliphatic carbocycles. The molecule has 7 heteroatoms. The molecule has 4 rings (SSSR count). The Bertz CT molecular complexity index is 898. The molecule has 1 heterocycles. The van der Waals surface area contributed by atoms with Crippen LogP contribution in [-0.2, 0) is 9.59 Å². The number of carboxylic acids is 1. The molecule has 2 aromatic carbocycles. The number of carbonyl (C=O) groups is 2. The molecular formula is C21H20FNO5. The highest BCUT2D eigenvalue weighted by Crippen LogP contribution is 2.49. The Kier molecular flexibility index (Phi) is 4.90. The fraction of sp³-hybridized carbons (Fsp3) is 0.333. The lowest BCUT2D eigenvalue weighted by atomic mass is 10.0. The van der Waals surface area contributed by atoms with E-state index in [9.17, 15) is 14.0 Å². The van der Waals surface area contributed by atoms with E-state index in [1.54, 1.807) is 0 Å². The number of rotatable bonds is 6. The van der Waals surface area contributed by atoms with Crippen molar-refractivity contribution in [2.24, 2.45) is 5.92 Å². The zero-order chi connectivity index (χ0) is 19.7. The normalized spacial score (nSPS) is 20.9. The number of halogens is 1. The van der Waals surface area contributed by atoms with Crippen LogP contribution in [0.4, 0.5) is 4.39 Å². The summed E-state index contributed by atoms with van der Waals surface area (Å²) in [5.74, 6) is -0.414. The van der Waals surface area contributed by atoms with Gasteiger partial charge in [-0.05, 0) is 47.7 Å². The van der Waals surface area contributed by atoms with Crippen LogP contribution in [0.1, 0.15) is 35.9 Å². The van der Waals surface area contributed by atoms with Gasteiger partial charge in [0.1, 0.15) is 19.0 Å². The summed E-state index contributed by atoms with van der Waals surface area (Å²) in [6.07, 6.45) is 0.424. The summed E-state index contributed by atoms with van der Waals surface area (Å²) in [4.78, 5) is 23.9. The lowest BCUT2D eigenvalue weighted by Crippen LogP contribution is -2.31. The van der Waals surface area contributed by atoms with Crippen LogP contribution in [0.15, 0.2) is 42.5 Å². The fourth-order valence-corrected chi connectivity index (χ4v) is 3.54. The van der Waals surface area contributed by atoms with Crippen LogP contribution >= 0.6 is 0 Å². The van der Waals surface area contributed by atoms with Crippen molar-refractivity contribution in [3.8, 4) is 11.5 Å². The Morgan fingerprint density at radius 3 is 2.54 bits per heavy atom. The van der Waals surface area contributed by atoms with Crippen molar-refractivity contribution in [3.63, 3.8) is 0 Å². The molecule has 2 N–H and O–H groups in total. The lowest BCUT2D eigenvalue weighted by Gasteiger charge is -2.19. The molecule has 0 spiro atoms. The third kappa shape index (κ3) is 3.93. The summed E-state index contributed by atoms with van der Waals surface area (Å²) < 4.78 is 24.3. The van der Waals surface area contributed by atoms with Crippen LogP contribution in [0.25, 0.3) is 0 Å². The van der Waals surface area contributed by atoms with Gasteiger partial charge in [0, 0.05) is 5.92 Å². The number of nitrogens with one attached hydrogen (secondary N) is 1. The third-order valence-electron chi connectivity index (χ3n) is 5.09. The van der Waals surface area contributed by atoms with E-state index in [0.29, 0.717) is 36.7 Å². The van der Waals surface area contributed by atoms with Crippen LogP contribution in [0.5, 0.6) is 11.5 Å². The Morgan fingerprint density at radius 1 is 1.11 bits per heavy atom. The van der Waals surface area contributed by atoms with E-state index in [0.717, 1.165) is 5.56 Å². The van der Waals surface area contributed by atoms with Crippen molar-refractivity contribution in [1.29, 1.82) is 0 Å². The summed E-state index contributed by atoms with van der Waals surface area (Å²) in [6.45, 7) is 1.02. The van der Waals surface area contributed by atoms with E-state index < -0.39 is 17.8 Å². The quantitative estimate of drug-likeness (QED) is 0.799. The summed E-state index contributed by atoms with van der Waals surface area (Å²) in [5, 5.41) is 12.0. The predicted octanol–water partition coefficient (Wildman–Crippen LogP) is 3.03. The largest absolute Gasteiger partial charge is 0.486 e. The van der Waals surface area contributed by atoms with E-state index in [-0.39, 0.29) is 24.2 Å². The standard InChI is InChI=1S/C21H20FNO5/c22-14-4-1-12(2-5-14)17(11-20(24)25)23-21(26)16-10-15(16)13-3-6-18-19(9-13)28-8-7-27-18/h1-6,9,15-17H,7-8,10-11H2,(H,23,26)(H,24,25)/t15-,16+,17-/m0/s1. The zero-order valence-electron chi connectivity index (χ0n) is 15.1. The molecule has 1 saturated carbocycles. The SMILES string of the molecule is O=C(O)C[C@H](NC(=O)[C@@H]1C[C@H]1c1ccc2c(c1)OCCO2)c1ccc(F)cc1. The molecule has 1 aliphatic heterocycles. The number of hydrogen-bond donors (Lipinski definition) is 2. The number of amides is 1. The van der Waals surface area contributed by atoms with E-state index in [2.05, 4.69) is 5.32 Å². The van der Waals surface area contributed by atoms with Gasteiger partial charge in [0.25, 0.3) is 0 Å². The first-order valence-electron chi connectivity index (χ1n) is 9.18. The van der Waals surface area contributed by atoms with Crippen molar-refractivity contribution in [1.82, 2.24) is 5.32 Å². The highest BCUT2D eigenvalue weighted by Gasteiger charge is 2.45. The summed E-state index contributed by atoms with van der Waals surface area (Å²) in [6, 6.07) is 10.5. The Morgan fingerprint density at radius 2 is 1.82 bits per heavy atom. The van der Waals surface area contributed by atoms with Gasteiger partial charge < -0.3 is 19.9 Å². The maximum absolute atomic E-state index is 13.1. The lowest BCUT2D eigenvalue weighted by molar-refractivity contribution is -0.137. The molecule has 3 atom stereocenters. The average Bonchev–Trinajstić information content (AvgIpc) is 3.48. The van der Waals surface area contributed by atoms with Gasteiger partial charge in [-0.1, -0.05) is 18.2 Å². The summed E-state index contributed by atoms with van der Waals surface area (Å²) in [5.41, 5.74) is 1.56. The molecule has 1 fully saturated rings. The molecule has 1 amide bonds. The monoisotopic (exact) mass is 385 g/mol. The van der Waals surface area contributed by atoms with Gasteiger partial charge in [0.05, 0.1) is 12.5 Å². The molecule has 146 valence electrons. The van der Waals surface area contributed by atoms with E-state index in [4.69, 9.17) is 14.6 Å². The van der Waals surface area contributed by atoms with Crippen LogP contribution in [0.2, 0.25) is 0 Å². The second-order valence-corrected chi connectivity index (χ2v) is 7.06. The van der Waals surface area contributed by atoms with Crippen molar-refractivity contribution < 1.29 is 28.6 Å². The number of benzene rings is 2. The highest BCUT2D eigenvalue weighted by atomic mass is 19.1. The first kappa shape index (κ1) is 18.3. The minimum absolute atomic E-state index is 0.0644. The maximum Gasteiger partial charge on any atom is 0.305 e. The Balaban J connectivity index is 1.44. The van der Waals surface area contributed by atoms with Crippen molar-refractivity contribution in [2.75, 3.05) is 13.2 Å². The molecule has 6 nitrogen and oxygen atoms in total. The van der Waals surface area contributed by atoms with Gasteiger partial charge in [-0.25, -0.2) is 4.39 Å². The number of aliphatic carboxylic acids is 1. The number of carbonyl (C=O) groups excluding carboxylic acids is 1. The van der Waals surface area contributed by atoms with E-state index >= 15 is 0 Å². The number of hydrogen-bond acceptors (Lipinski definition) is 4. The molecule has 0 saturated heterocycles. The minimum atomic E-state index is -1.03. The van der Waals surface area contributed by atoms with Gasteiger partial charge in [-0.2, -0.15) is 0 Å².